The van der Waals surface area contributed by atoms with Crippen molar-refractivity contribution >= 4 is 39.4 Å². The molecule has 4 aromatic rings. The Morgan fingerprint density at radius 3 is 2.32 bits per heavy atom. The molecule has 3 aromatic carbocycles. The maximum Gasteiger partial charge on any atom is 0.271 e. The van der Waals surface area contributed by atoms with Crippen molar-refractivity contribution in [3.8, 4) is 11.5 Å². The molecule has 1 unspecified atom stereocenters. The van der Waals surface area contributed by atoms with E-state index in [2.05, 4.69) is 46.3 Å². The summed E-state index contributed by atoms with van der Waals surface area (Å²) < 4.78 is 14.9. The summed E-state index contributed by atoms with van der Waals surface area (Å²) in [4.78, 5) is 19.9. The number of fused-ring (bicyclic) bond motifs is 1. The third-order valence-electron chi connectivity index (χ3n) is 7.32. The normalized spacial score (nSPS) is 17.7. The molecule has 7 heteroatoms. The van der Waals surface area contributed by atoms with Crippen molar-refractivity contribution in [3.05, 3.63) is 130 Å². The molecule has 2 heterocycles. The van der Waals surface area contributed by atoms with Crippen LogP contribution < -0.4 is 24.4 Å². The highest BCUT2D eigenvalue weighted by molar-refractivity contribution is 9.10. The van der Waals surface area contributed by atoms with Crippen LogP contribution in [0.5, 0.6) is 11.5 Å². The van der Waals surface area contributed by atoms with Gasteiger partial charge in [-0.3, -0.25) is 9.36 Å². The highest BCUT2D eigenvalue weighted by Crippen LogP contribution is 2.41. The standard InChI is InChI=1S/C34H31BrN2O3S/c1-3-39-27-15-11-22(12-16-27)19-25-8-6-10-29-31(25)36-34-37(32(29)24-13-17-28(18-14-24)40-4-2)33(38)30(41-34)21-23-7-5-9-26(35)20-23/h5,7,9,11-21,32H,3-4,6,8,10H2,1-2H3. The minimum Gasteiger partial charge on any atom is -0.494 e. The van der Waals surface area contributed by atoms with Gasteiger partial charge in [0.05, 0.1) is 29.5 Å². The summed E-state index contributed by atoms with van der Waals surface area (Å²) in [6.45, 7) is 5.23. The number of benzene rings is 3. The molecule has 0 bridgehead atoms. The average Bonchev–Trinajstić information content (AvgIpc) is 3.28. The second-order valence-electron chi connectivity index (χ2n) is 10.0. The Labute approximate surface area is 251 Å². The quantitative estimate of drug-likeness (QED) is 0.221. The molecule has 0 saturated carbocycles. The Kier molecular flexibility index (Phi) is 8.08. The zero-order valence-corrected chi connectivity index (χ0v) is 25.5. The molecule has 0 saturated heterocycles. The summed E-state index contributed by atoms with van der Waals surface area (Å²) in [6, 6.07) is 24.1. The second-order valence-corrected chi connectivity index (χ2v) is 12.0. The number of rotatable bonds is 7. The average molecular weight is 628 g/mol. The lowest BCUT2D eigenvalue weighted by Gasteiger charge is -2.31. The Morgan fingerprint density at radius 1 is 0.927 bits per heavy atom. The molecule has 0 spiro atoms. The van der Waals surface area contributed by atoms with Gasteiger partial charge in [-0.1, -0.05) is 63.7 Å². The minimum absolute atomic E-state index is 0.0122. The first-order valence-corrected chi connectivity index (χ1v) is 15.6. The first kappa shape index (κ1) is 27.5. The van der Waals surface area contributed by atoms with Gasteiger partial charge >= 0.3 is 0 Å². The van der Waals surface area contributed by atoms with Crippen LogP contribution in [-0.2, 0) is 0 Å². The Hall–Kier alpha value is -3.68. The van der Waals surface area contributed by atoms with Gasteiger partial charge in [-0.2, -0.15) is 0 Å². The molecule has 41 heavy (non-hydrogen) atoms. The molecule has 5 nitrogen and oxygen atoms in total. The van der Waals surface area contributed by atoms with Crippen molar-refractivity contribution < 1.29 is 9.47 Å². The largest absolute Gasteiger partial charge is 0.494 e. The van der Waals surface area contributed by atoms with Crippen LogP contribution in [0.15, 0.2) is 104 Å². The monoisotopic (exact) mass is 626 g/mol. The summed E-state index contributed by atoms with van der Waals surface area (Å²) in [5, 5.41) is 0. The van der Waals surface area contributed by atoms with Gasteiger partial charge in [0.25, 0.3) is 5.56 Å². The van der Waals surface area contributed by atoms with E-state index in [0.29, 0.717) is 17.7 Å². The first-order valence-electron chi connectivity index (χ1n) is 14.0. The number of thiazole rings is 1. The predicted molar refractivity (Wildman–Crippen MR) is 169 cm³/mol. The number of hydrogen-bond donors (Lipinski definition) is 0. The van der Waals surface area contributed by atoms with E-state index in [4.69, 9.17) is 14.5 Å². The Morgan fingerprint density at radius 2 is 1.63 bits per heavy atom. The molecule has 0 radical (unpaired) electrons. The van der Waals surface area contributed by atoms with Crippen LogP contribution in [0.1, 0.15) is 55.8 Å². The fourth-order valence-corrected chi connectivity index (χ4v) is 6.96. The molecule has 0 N–H and O–H groups in total. The molecule has 1 aromatic heterocycles. The van der Waals surface area contributed by atoms with Gasteiger partial charge in [0.2, 0.25) is 0 Å². The summed E-state index contributed by atoms with van der Waals surface area (Å²) in [5.74, 6) is 1.69. The number of nitrogens with zero attached hydrogens (tertiary/aromatic N) is 2. The third-order valence-corrected chi connectivity index (χ3v) is 8.79. The van der Waals surface area contributed by atoms with E-state index in [1.54, 1.807) is 0 Å². The summed E-state index contributed by atoms with van der Waals surface area (Å²) in [7, 11) is 0. The molecule has 0 amide bonds. The molecule has 208 valence electrons. The zero-order chi connectivity index (χ0) is 28.3. The smallest absolute Gasteiger partial charge is 0.271 e. The molecule has 6 rings (SSSR count). The van der Waals surface area contributed by atoms with E-state index in [1.165, 1.54) is 22.5 Å². The van der Waals surface area contributed by atoms with Gasteiger partial charge in [-0.05, 0) is 109 Å². The van der Waals surface area contributed by atoms with Crippen molar-refractivity contribution in [2.75, 3.05) is 13.2 Å². The molecule has 0 fully saturated rings. The Bertz CT molecular complexity index is 1820. The van der Waals surface area contributed by atoms with Gasteiger partial charge in [-0.15, -0.1) is 0 Å². The summed E-state index contributed by atoms with van der Waals surface area (Å²) in [6.07, 6.45) is 7.04. The fourth-order valence-electron chi connectivity index (χ4n) is 5.55. The fraction of sp³-hybridized carbons (Fsp3) is 0.235. The molecule has 1 aliphatic carbocycles. The van der Waals surface area contributed by atoms with Crippen LogP contribution in [-0.4, -0.2) is 17.8 Å². The number of aromatic nitrogens is 1. The van der Waals surface area contributed by atoms with Crippen molar-refractivity contribution in [3.63, 3.8) is 0 Å². The predicted octanol–water partition coefficient (Wildman–Crippen LogP) is 7.04. The lowest BCUT2D eigenvalue weighted by molar-refractivity contribution is 0.340. The topological polar surface area (TPSA) is 52.8 Å². The second kappa shape index (κ2) is 12.0. The minimum atomic E-state index is -0.217. The van der Waals surface area contributed by atoms with E-state index in [-0.39, 0.29) is 11.6 Å². The molecular formula is C34H31BrN2O3S. The van der Waals surface area contributed by atoms with Crippen LogP contribution in [0.4, 0.5) is 0 Å². The molecule has 1 aliphatic heterocycles. The molecule has 2 aliphatic rings. The van der Waals surface area contributed by atoms with Crippen LogP contribution in [0.2, 0.25) is 0 Å². The lowest BCUT2D eigenvalue weighted by atomic mass is 9.84. The zero-order valence-electron chi connectivity index (χ0n) is 23.1. The summed E-state index contributed by atoms with van der Waals surface area (Å²) in [5.41, 5.74) is 6.55. The van der Waals surface area contributed by atoms with Crippen molar-refractivity contribution in [2.24, 2.45) is 4.99 Å². The highest BCUT2D eigenvalue weighted by Gasteiger charge is 2.32. The van der Waals surface area contributed by atoms with E-state index in [1.807, 2.05) is 73.0 Å². The van der Waals surface area contributed by atoms with Gasteiger partial charge in [0.1, 0.15) is 11.5 Å². The SMILES string of the molecule is CCOc1ccc(C=C2CCCC3=C2N=c2sc(=Cc4cccc(Br)c4)c(=O)n2C3c2ccc(OCC)cc2)cc1. The van der Waals surface area contributed by atoms with Crippen molar-refractivity contribution in [1.82, 2.24) is 4.57 Å². The van der Waals surface area contributed by atoms with Crippen LogP contribution in [0.25, 0.3) is 12.2 Å². The van der Waals surface area contributed by atoms with Crippen molar-refractivity contribution in [2.45, 2.75) is 39.2 Å². The Balaban J connectivity index is 1.51. The van der Waals surface area contributed by atoms with Crippen molar-refractivity contribution in [1.29, 1.82) is 0 Å². The number of hydrogen-bond acceptors (Lipinski definition) is 5. The van der Waals surface area contributed by atoms with Crippen LogP contribution in [0, 0.1) is 0 Å². The summed E-state index contributed by atoms with van der Waals surface area (Å²) >= 11 is 5.00. The van der Waals surface area contributed by atoms with Gasteiger partial charge in [-0.25, -0.2) is 4.99 Å². The number of allylic oxidation sites excluding steroid dienone is 2. The maximum absolute atomic E-state index is 14.0. The third kappa shape index (κ3) is 5.74. The van der Waals surface area contributed by atoms with E-state index in [9.17, 15) is 4.79 Å². The molecule has 1 atom stereocenters. The lowest BCUT2D eigenvalue weighted by Crippen LogP contribution is -2.39. The van der Waals surface area contributed by atoms with Gasteiger partial charge in [0, 0.05) is 4.47 Å². The number of ether oxygens (including phenoxy) is 2. The molecular weight excluding hydrogens is 596 g/mol. The van der Waals surface area contributed by atoms with E-state index >= 15 is 0 Å². The van der Waals surface area contributed by atoms with Gasteiger partial charge < -0.3 is 9.47 Å². The number of halogens is 1. The maximum atomic E-state index is 14.0. The van der Waals surface area contributed by atoms with Crippen LogP contribution >= 0.6 is 27.3 Å². The van der Waals surface area contributed by atoms with Crippen LogP contribution in [0.3, 0.4) is 0 Å². The van der Waals surface area contributed by atoms with E-state index < -0.39 is 0 Å². The first-order chi connectivity index (χ1) is 20.0. The highest BCUT2D eigenvalue weighted by atomic mass is 79.9. The van der Waals surface area contributed by atoms with Gasteiger partial charge in [0.15, 0.2) is 4.80 Å². The van der Waals surface area contributed by atoms with E-state index in [0.717, 1.165) is 62.4 Å².